The van der Waals surface area contributed by atoms with Crippen LogP contribution in [0.1, 0.15) is 112 Å². The molecule has 0 spiro atoms. The summed E-state index contributed by atoms with van der Waals surface area (Å²) >= 11 is 0. The first-order valence-electron chi connectivity index (χ1n) is 11.8. The summed E-state index contributed by atoms with van der Waals surface area (Å²) in [4.78, 5) is 0. The van der Waals surface area contributed by atoms with Gasteiger partial charge in [0.1, 0.15) is 7.05 Å². The van der Waals surface area contributed by atoms with Gasteiger partial charge >= 0.3 is 0 Å². The van der Waals surface area contributed by atoms with E-state index in [-0.39, 0.29) is 5.41 Å². The lowest BCUT2D eigenvalue weighted by Crippen LogP contribution is -2.39. The van der Waals surface area contributed by atoms with Crippen molar-refractivity contribution < 1.29 is 8.68 Å². The fourth-order valence-corrected chi connectivity index (χ4v) is 3.87. The number of aromatic nitrogens is 1. The van der Waals surface area contributed by atoms with Crippen LogP contribution in [0.4, 0.5) is 0 Å². The molecule has 0 aliphatic heterocycles. The molecule has 0 unspecified atom stereocenters. The summed E-state index contributed by atoms with van der Waals surface area (Å²) in [6.45, 7) is 17.6. The molecule has 0 aliphatic rings. The van der Waals surface area contributed by atoms with Gasteiger partial charge in [0.25, 0.3) is 0 Å². The quantitative estimate of drug-likeness (QED) is 0.504. The summed E-state index contributed by atoms with van der Waals surface area (Å²) in [5, 5.41) is 0. The molecule has 0 atom stereocenters. The summed E-state index contributed by atoms with van der Waals surface area (Å²) in [5.74, 6) is 1.02. The molecule has 0 N–H and O–H groups in total. The Labute approximate surface area is 172 Å². The maximum atomic E-state index is 8.27. The minimum atomic E-state index is -2.18. The van der Waals surface area contributed by atoms with E-state index in [1.165, 1.54) is 16.7 Å². The average Bonchev–Trinajstić information content (AvgIpc) is 2.58. The minimum absolute atomic E-state index is 0.0926. The minimum Gasteiger partial charge on any atom is -0.204 e. The van der Waals surface area contributed by atoms with E-state index in [0.717, 1.165) is 16.8 Å². The smallest absolute Gasteiger partial charge is 0.187 e. The second kappa shape index (κ2) is 7.78. The summed E-state index contributed by atoms with van der Waals surface area (Å²) in [6.07, 6.45) is 1.83. The Morgan fingerprint density at radius 3 is 1.74 bits per heavy atom. The van der Waals surface area contributed by atoms with Gasteiger partial charge in [-0.1, -0.05) is 74.4 Å². The van der Waals surface area contributed by atoms with E-state index in [1.54, 1.807) is 0 Å². The Bertz CT molecular complexity index is 884. The van der Waals surface area contributed by atoms with Crippen LogP contribution in [0.15, 0.2) is 24.4 Å². The molecule has 1 aromatic carbocycles. The fourth-order valence-electron chi connectivity index (χ4n) is 3.87. The normalized spacial score (nSPS) is 14.6. The van der Waals surface area contributed by atoms with Crippen LogP contribution in [-0.2, 0) is 12.5 Å². The molecule has 1 heterocycles. The van der Waals surface area contributed by atoms with Crippen molar-refractivity contribution in [1.82, 2.24) is 0 Å². The summed E-state index contributed by atoms with van der Waals surface area (Å²) in [7, 11) is 1.95. The van der Waals surface area contributed by atoms with Crippen LogP contribution in [0.2, 0.25) is 0 Å². The maximum absolute atomic E-state index is 8.27. The zero-order valence-corrected chi connectivity index (χ0v) is 19.0. The number of nitrogens with zero attached hydrogens (tertiary/aromatic N) is 1. The molecule has 148 valence electrons. The topological polar surface area (TPSA) is 3.88 Å². The van der Waals surface area contributed by atoms with Crippen LogP contribution in [0.5, 0.6) is 0 Å². The molecule has 2 rings (SSSR count). The van der Waals surface area contributed by atoms with E-state index in [2.05, 4.69) is 80.5 Å². The van der Waals surface area contributed by atoms with Crippen LogP contribution >= 0.6 is 0 Å². The second-order valence-electron chi connectivity index (χ2n) is 9.89. The first-order chi connectivity index (χ1) is 13.6. The van der Waals surface area contributed by atoms with Crippen LogP contribution in [0.25, 0.3) is 11.1 Å². The van der Waals surface area contributed by atoms with E-state index in [0.29, 0.717) is 23.3 Å². The number of benzene rings is 1. The Balaban J connectivity index is 3.08. The van der Waals surface area contributed by atoms with Crippen molar-refractivity contribution in [2.24, 2.45) is 7.05 Å². The van der Waals surface area contributed by atoms with Crippen molar-refractivity contribution in [1.29, 1.82) is 0 Å². The van der Waals surface area contributed by atoms with Crippen molar-refractivity contribution in [2.45, 2.75) is 92.3 Å². The first-order valence-corrected chi connectivity index (χ1v) is 10.3. The van der Waals surface area contributed by atoms with Crippen molar-refractivity contribution >= 4 is 0 Å². The van der Waals surface area contributed by atoms with Crippen LogP contribution in [-0.4, -0.2) is 0 Å². The summed E-state index contributed by atoms with van der Waals surface area (Å²) in [5.41, 5.74) is 7.24. The molecule has 0 amide bonds. The highest BCUT2D eigenvalue weighted by atomic mass is 14.9. The van der Waals surface area contributed by atoms with E-state index in [1.807, 2.05) is 17.8 Å². The molecule has 0 saturated carbocycles. The lowest BCUT2D eigenvalue weighted by atomic mass is 9.80. The Morgan fingerprint density at radius 2 is 1.37 bits per heavy atom. The van der Waals surface area contributed by atoms with Crippen LogP contribution in [0, 0.1) is 6.85 Å². The van der Waals surface area contributed by atoms with Gasteiger partial charge in [-0.3, -0.25) is 0 Å². The lowest BCUT2D eigenvalue weighted by molar-refractivity contribution is -0.682. The Hall–Kier alpha value is -1.63. The van der Waals surface area contributed by atoms with E-state index >= 15 is 0 Å². The lowest BCUT2D eigenvalue weighted by Gasteiger charge is -2.25. The molecule has 0 fully saturated rings. The summed E-state index contributed by atoms with van der Waals surface area (Å²) in [6, 6.07) is 6.72. The SMILES string of the molecule is [2H]C([2H])([2H])c1c[n+](C)c(C(C)(C)C)cc1-c1c(C(C)C)cc(C(C)C)cc1C(C)C. The third kappa shape index (κ3) is 4.45. The second-order valence-corrected chi connectivity index (χ2v) is 9.89. The summed E-state index contributed by atoms with van der Waals surface area (Å²) < 4.78 is 26.8. The molecular formula is C26H40N+. The van der Waals surface area contributed by atoms with Gasteiger partial charge < -0.3 is 0 Å². The molecule has 1 heteroatoms. The number of rotatable bonds is 4. The monoisotopic (exact) mass is 369 g/mol. The zero-order valence-electron chi connectivity index (χ0n) is 22.0. The molecule has 1 aromatic heterocycles. The Kier molecular flexibility index (Phi) is 5.03. The van der Waals surface area contributed by atoms with Gasteiger partial charge in [0.05, 0.1) is 0 Å². The average molecular weight is 370 g/mol. The highest BCUT2D eigenvalue weighted by Gasteiger charge is 2.27. The third-order valence-electron chi connectivity index (χ3n) is 5.44. The molecule has 2 aromatic rings. The van der Waals surface area contributed by atoms with Crippen molar-refractivity contribution in [2.75, 3.05) is 0 Å². The zero-order chi connectivity index (χ0) is 23.2. The third-order valence-corrected chi connectivity index (χ3v) is 5.44. The van der Waals surface area contributed by atoms with Crippen LogP contribution in [0.3, 0.4) is 0 Å². The highest BCUT2D eigenvalue weighted by Crippen LogP contribution is 2.40. The van der Waals surface area contributed by atoms with Gasteiger partial charge in [-0.15, -0.1) is 0 Å². The molecule has 0 aliphatic carbocycles. The molecule has 1 nitrogen and oxygen atoms in total. The van der Waals surface area contributed by atoms with Gasteiger partial charge in [0, 0.05) is 21.2 Å². The first kappa shape index (κ1) is 17.5. The van der Waals surface area contributed by atoms with Gasteiger partial charge in [0.2, 0.25) is 0 Å². The highest BCUT2D eigenvalue weighted by molar-refractivity contribution is 5.75. The van der Waals surface area contributed by atoms with Crippen molar-refractivity contribution in [3.8, 4) is 11.1 Å². The predicted molar refractivity (Wildman–Crippen MR) is 119 cm³/mol. The van der Waals surface area contributed by atoms with Crippen molar-refractivity contribution in [3.63, 3.8) is 0 Å². The molecule has 0 radical (unpaired) electrons. The molecular weight excluding hydrogens is 326 g/mol. The number of pyridine rings is 1. The van der Waals surface area contributed by atoms with Gasteiger partial charge in [0.15, 0.2) is 11.9 Å². The molecule has 27 heavy (non-hydrogen) atoms. The maximum Gasteiger partial charge on any atom is 0.187 e. The number of aryl methyl sites for hydroxylation is 2. The van der Waals surface area contributed by atoms with Crippen molar-refractivity contribution in [3.05, 3.63) is 52.3 Å². The van der Waals surface area contributed by atoms with Gasteiger partial charge in [-0.05, 0) is 52.4 Å². The van der Waals surface area contributed by atoms with Gasteiger partial charge in [-0.2, -0.15) is 0 Å². The van der Waals surface area contributed by atoms with E-state index in [4.69, 9.17) is 4.11 Å². The molecule has 0 saturated heterocycles. The number of hydrogen-bond acceptors (Lipinski definition) is 0. The predicted octanol–water partition coefficient (Wildman–Crippen LogP) is 7.15. The van der Waals surface area contributed by atoms with E-state index in [9.17, 15) is 0 Å². The molecule has 0 bridgehead atoms. The standard InChI is InChI=1S/C26H40N/c1-16(2)20-12-21(17(3)4)25(22(13-20)18(5)6)23-14-24(26(8,9)10)27(11)15-19(23)7/h12-18H,1-11H3/q+1/i7D3. The van der Waals surface area contributed by atoms with E-state index < -0.39 is 6.85 Å². The Morgan fingerprint density at radius 1 is 0.852 bits per heavy atom. The largest absolute Gasteiger partial charge is 0.204 e. The van der Waals surface area contributed by atoms with Crippen LogP contribution < -0.4 is 4.57 Å². The van der Waals surface area contributed by atoms with Gasteiger partial charge in [-0.25, -0.2) is 4.57 Å². The fraction of sp³-hybridized carbons (Fsp3) is 0.577. The number of hydrogen-bond donors (Lipinski definition) is 0.